The number of nitrogens with one attached hydrogen (secondary N) is 2. The fraction of sp³-hybridized carbons (Fsp3) is 0.280. The van der Waals surface area contributed by atoms with E-state index in [0.29, 0.717) is 44.2 Å². The number of benzene rings is 1. The molecule has 6 rings (SSSR count). The maximum atomic E-state index is 15.0. The lowest BCUT2D eigenvalue weighted by Gasteiger charge is -2.24. The summed E-state index contributed by atoms with van der Waals surface area (Å²) in [6.45, 7) is 0. The summed E-state index contributed by atoms with van der Waals surface area (Å²) < 4.78 is 17.6. The first kappa shape index (κ1) is 23.7. The lowest BCUT2D eigenvalue weighted by atomic mass is 10.0. The zero-order chi connectivity index (χ0) is 25.4. The molecule has 1 amide bonds. The molecule has 1 aliphatic rings. The first-order chi connectivity index (χ1) is 18.1. The van der Waals surface area contributed by atoms with Crippen LogP contribution in [-0.2, 0) is 0 Å². The van der Waals surface area contributed by atoms with Gasteiger partial charge in [0.05, 0.1) is 23.5 Å². The van der Waals surface area contributed by atoms with Crippen molar-refractivity contribution < 1.29 is 9.18 Å². The predicted octanol–water partition coefficient (Wildman–Crippen LogP) is 5.44. The Morgan fingerprint density at radius 3 is 2.81 bits per heavy atom. The van der Waals surface area contributed by atoms with Crippen LogP contribution in [0.4, 0.5) is 4.39 Å². The van der Waals surface area contributed by atoms with Gasteiger partial charge in [0.15, 0.2) is 10.8 Å². The van der Waals surface area contributed by atoms with Crippen LogP contribution in [0.2, 0.25) is 4.34 Å². The highest BCUT2D eigenvalue weighted by Crippen LogP contribution is 2.37. The van der Waals surface area contributed by atoms with E-state index in [4.69, 9.17) is 16.6 Å². The molecule has 9 nitrogen and oxygen atoms in total. The highest BCUT2D eigenvalue weighted by Gasteiger charge is 2.28. The number of hydrogen-bond acceptors (Lipinski definition) is 7. The van der Waals surface area contributed by atoms with E-state index >= 15 is 4.39 Å². The van der Waals surface area contributed by atoms with E-state index in [0.717, 1.165) is 42.5 Å². The van der Waals surface area contributed by atoms with E-state index < -0.39 is 0 Å². The minimum Gasteiger partial charge on any atom is -0.347 e. The molecule has 2 atom stereocenters. The van der Waals surface area contributed by atoms with E-state index in [1.807, 2.05) is 6.07 Å². The molecule has 1 aliphatic carbocycles. The average Bonchev–Trinajstić information content (AvgIpc) is 3.62. The quantitative estimate of drug-likeness (QED) is 0.289. The largest absolute Gasteiger partial charge is 0.347 e. The summed E-state index contributed by atoms with van der Waals surface area (Å²) in [6.07, 6.45) is 8.89. The number of carbonyl (C=O) groups is 1. The SMILES string of the molecule is O=C(N[C@@H]1CCCC[C@H](n2c(-c3ccccc3F)nc3cnc(-c4ncn[nH]4)cc32)C1)c1ncc(Cl)s1. The summed E-state index contributed by atoms with van der Waals surface area (Å²) >= 11 is 7.13. The summed E-state index contributed by atoms with van der Waals surface area (Å²) in [5.41, 5.74) is 2.51. The molecule has 0 spiro atoms. The molecule has 4 aromatic heterocycles. The Labute approximate surface area is 220 Å². The van der Waals surface area contributed by atoms with Crippen LogP contribution in [-0.4, -0.2) is 46.6 Å². The van der Waals surface area contributed by atoms with Gasteiger partial charge >= 0.3 is 0 Å². The zero-order valence-electron chi connectivity index (χ0n) is 19.6. The summed E-state index contributed by atoms with van der Waals surface area (Å²) in [6, 6.07) is 8.43. The van der Waals surface area contributed by atoms with Gasteiger partial charge in [-0.3, -0.25) is 14.9 Å². The third kappa shape index (κ3) is 4.72. The minimum atomic E-state index is -0.346. The molecule has 0 aliphatic heterocycles. The van der Waals surface area contributed by atoms with Gasteiger partial charge in [-0.05, 0) is 37.5 Å². The molecule has 4 heterocycles. The number of carbonyl (C=O) groups excluding carboxylic acids is 1. The van der Waals surface area contributed by atoms with Crippen molar-refractivity contribution in [2.24, 2.45) is 0 Å². The molecule has 1 saturated carbocycles. The Morgan fingerprint density at radius 1 is 1.16 bits per heavy atom. The minimum absolute atomic E-state index is 0.0303. The number of aromatic amines is 1. The second-order valence-electron chi connectivity index (χ2n) is 8.99. The Morgan fingerprint density at radius 2 is 2.03 bits per heavy atom. The number of imidazole rings is 1. The van der Waals surface area contributed by atoms with Crippen LogP contribution >= 0.6 is 22.9 Å². The van der Waals surface area contributed by atoms with Crippen LogP contribution in [0.3, 0.4) is 0 Å². The van der Waals surface area contributed by atoms with Crippen molar-refractivity contribution in [1.82, 2.24) is 40.0 Å². The Kier molecular flexibility index (Phi) is 6.39. The van der Waals surface area contributed by atoms with Gasteiger partial charge in [-0.2, -0.15) is 5.10 Å². The smallest absolute Gasteiger partial charge is 0.280 e. The number of nitrogens with zero attached hydrogens (tertiary/aromatic N) is 6. The summed E-state index contributed by atoms with van der Waals surface area (Å²) in [5, 5.41) is 10.3. The molecular formula is C25H22ClFN8OS. The molecule has 0 unspecified atom stereocenters. The monoisotopic (exact) mass is 536 g/mol. The molecule has 0 bridgehead atoms. The lowest BCUT2D eigenvalue weighted by molar-refractivity contribution is 0.0930. The topological polar surface area (TPSA) is 114 Å². The Bertz CT molecular complexity index is 1570. The molecule has 0 radical (unpaired) electrons. The van der Waals surface area contributed by atoms with Gasteiger partial charge in [-0.15, -0.1) is 0 Å². The normalized spacial score (nSPS) is 18.1. The van der Waals surface area contributed by atoms with Gasteiger partial charge in [0.25, 0.3) is 5.91 Å². The van der Waals surface area contributed by atoms with Crippen molar-refractivity contribution >= 4 is 39.9 Å². The molecule has 1 aromatic carbocycles. The second-order valence-corrected chi connectivity index (χ2v) is 10.7. The third-order valence-corrected chi connectivity index (χ3v) is 7.73. The number of thiazole rings is 1. The molecule has 188 valence electrons. The highest BCUT2D eigenvalue weighted by atomic mass is 35.5. The zero-order valence-corrected chi connectivity index (χ0v) is 21.1. The first-order valence-electron chi connectivity index (χ1n) is 12.0. The molecule has 12 heteroatoms. The van der Waals surface area contributed by atoms with Crippen LogP contribution in [0.1, 0.15) is 47.9 Å². The van der Waals surface area contributed by atoms with Crippen molar-refractivity contribution in [3.8, 4) is 22.9 Å². The van der Waals surface area contributed by atoms with E-state index in [9.17, 15) is 4.79 Å². The number of amides is 1. The summed E-state index contributed by atoms with van der Waals surface area (Å²) in [5.74, 6) is 0.495. The first-order valence-corrected chi connectivity index (χ1v) is 13.2. The summed E-state index contributed by atoms with van der Waals surface area (Å²) in [4.78, 5) is 30.5. The van der Waals surface area contributed by atoms with Gasteiger partial charge in [-0.25, -0.2) is 19.3 Å². The van der Waals surface area contributed by atoms with Crippen LogP contribution in [0.15, 0.2) is 49.1 Å². The van der Waals surface area contributed by atoms with Gasteiger partial charge in [0, 0.05) is 12.1 Å². The molecule has 0 saturated heterocycles. The average molecular weight is 537 g/mol. The van der Waals surface area contributed by atoms with Gasteiger partial charge in [0.2, 0.25) is 0 Å². The second kappa shape index (κ2) is 9.98. The van der Waals surface area contributed by atoms with E-state index in [1.54, 1.807) is 24.4 Å². The number of fused-ring (bicyclic) bond motifs is 1. The van der Waals surface area contributed by atoms with E-state index in [-0.39, 0.29) is 23.8 Å². The van der Waals surface area contributed by atoms with Crippen LogP contribution in [0.25, 0.3) is 33.9 Å². The van der Waals surface area contributed by atoms with Gasteiger partial charge < -0.3 is 9.88 Å². The van der Waals surface area contributed by atoms with Crippen molar-refractivity contribution in [3.05, 3.63) is 64.2 Å². The standard InChI is InChI=1S/C25H22ClFN8OS/c26-21-12-29-25(37-21)24(36)32-14-5-1-2-6-15(9-14)35-20-10-18(22-30-13-31-34-22)28-11-19(20)33-23(35)16-7-3-4-8-17(16)27/h3-4,7-8,10-15H,1-2,5-6,9H2,(H,32,36)(H,30,31,34)/t14-,15+/m1/s1. The Hall–Kier alpha value is -3.70. The summed E-state index contributed by atoms with van der Waals surface area (Å²) in [7, 11) is 0. The van der Waals surface area contributed by atoms with Crippen molar-refractivity contribution in [2.45, 2.75) is 44.2 Å². The predicted molar refractivity (Wildman–Crippen MR) is 139 cm³/mol. The number of aromatic nitrogens is 7. The number of rotatable bonds is 5. The van der Waals surface area contributed by atoms with Gasteiger partial charge in [0.1, 0.15) is 33.5 Å². The van der Waals surface area contributed by atoms with Gasteiger partial charge in [-0.1, -0.05) is 47.9 Å². The number of hydrogen-bond donors (Lipinski definition) is 2. The maximum Gasteiger partial charge on any atom is 0.280 e. The van der Waals surface area contributed by atoms with Crippen molar-refractivity contribution in [1.29, 1.82) is 0 Å². The number of pyridine rings is 1. The van der Waals surface area contributed by atoms with E-state index in [1.165, 1.54) is 18.6 Å². The third-order valence-electron chi connectivity index (χ3n) is 6.62. The fourth-order valence-electron chi connectivity index (χ4n) is 4.97. The molecule has 5 aromatic rings. The maximum absolute atomic E-state index is 15.0. The Balaban J connectivity index is 1.42. The number of H-pyrrole nitrogens is 1. The molecular weight excluding hydrogens is 515 g/mol. The van der Waals surface area contributed by atoms with Crippen molar-refractivity contribution in [3.63, 3.8) is 0 Å². The molecule has 2 N–H and O–H groups in total. The van der Waals surface area contributed by atoms with E-state index in [2.05, 4.69) is 35.0 Å². The van der Waals surface area contributed by atoms with Crippen molar-refractivity contribution in [2.75, 3.05) is 0 Å². The van der Waals surface area contributed by atoms with Crippen LogP contribution in [0.5, 0.6) is 0 Å². The molecule has 37 heavy (non-hydrogen) atoms. The van der Waals surface area contributed by atoms with Crippen LogP contribution < -0.4 is 5.32 Å². The van der Waals surface area contributed by atoms with Crippen LogP contribution in [0, 0.1) is 5.82 Å². The highest BCUT2D eigenvalue weighted by molar-refractivity contribution is 7.17. The molecule has 1 fully saturated rings. The fourth-order valence-corrected chi connectivity index (χ4v) is 5.78. The number of halogens is 2. The lowest BCUT2D eigenvalue weighted by Crippen LogP contribution is -2.36.